The van der Waals surface area contributed by atoms with Crippen LogP contribution < -0.4 is 20.1 Å². The van der Waals surface area contributed by atoms with Crippen molar-refractivity contribution in [2.24, 2.45) is 5.92 Å². The molecule has 0 bridgehead atoms. The van der Waals surface area contributed by atoms with Crippen molar-refractivity contribution < 1.29 is 51.6 Å². The average molecular weight is 535 g/mol. The molecule has 1 atom stereocenters. The fourth-order valence-electron chi connectivity index (χ4n) is 4.04. The van der Waals surface area contributed by atoms with Gasteiger partial charge in [0.1, 0.15) is 5.75 Å². The van der Waals surface area contributed by atoms with E-state index in [0.717, 1.165) is 19.4 Å². The van der Waals surface area contributed by atoms with Gasteiger partial charge in [-0.2, -0.15) is 13.2 Å². The number of hydrogen-bond donors (Lipinski definition) is 4. The SMILES string of the molecule is COc1cc(OC2CCC(C(F)(F)F)CC2)c(F)cc1CNC(=O)[C@@H]1CCCN1.O=C(O)/C=C/C(=O)O. The van der Waals surface area contributed by atoms with Gasteiger partial charge in [-0.3, -0.25) is 4.79 Å². The van der Waals surface area contributed by atoms with Gasteiger partial charge in [-0.05, 0) is 51.1 Å². The lowest BCUT2D eigenvalue weighted by Crippen LogP contribution is -2.40. The van der Waals surface area contributed by atoms with E-state index in [2.05, 4.69) is 10.6 Å². The third-order valence-electron chi connectivity index (χ3n) is 5.96. The highest BCUT2D eigenvalue weighted by atomic mass is 19.4. The topological polar surface area (TPSA) is 134 Å². The van der Waals surface area contributed by atoms with Gasteiger partial charge >= 0.3 is 18.1 Å². The molecule has 1 saturated heterocycles. The Bertz CT molecular complexity index is 955. The van der Waals surface area contributed by atoms with Crippen LogP contribution in [0.2, 0.25) is 0 Å². The van der Waals surface area contributed by atoms with E-state index >= 15 is 0 Å². The molecule has 37 heavy (non-hydrogen) atoms. The Hall–Kier alpha value is -3.35. The zero-order valence-electron chi connectivity index (χ0n) is 20.1. The molecule has 206 valence electrons. The van der Waals surface area contributed by atoms with Crippen LogP contribution in [0.15, 0.2) is 24.3 Å². The smallest absolute Gasteiger partial charge is 0.391 e. The number of halogens is 4. The summed E-state index contributed by atoms with van der Waals surface area (Å²) < 4.78 is 63.8. The van der Waals surface area contributed by atoms with E-state index in [-0.39, 0.29) is 49.9 Å². The number of hydrogen-bond acceptors (Lipinski definition) is 6. The van der Waals surface area contributed by atoms with Crippen molar-refractivity contribution in [1.82, 2.24) is 10.6 Å². The van der Waals surface area contributed by atoms with Gasteiger partial charge in [-0.25, -0.2) is 14.0 Å². The van der Waals surface area contributed by atoms with Crippen LogP contribution in [0, 0.1) is 11.7 Å². The Morgan fingerprint density at radius 2 is 1.68 bits per heavy atom. The Kier molecular flexibility index (Phi) is 11.2. The highest BCUT2D eigenvalue weighted by Gasteiger charge is 2.41. The maximum Gasteiger partial charge on any atom is 0.391 e. The molecule has 1 aromatic rings. The summed E-state index contributed by atoms with van der Waals surface area (Å²) in [5, 5.41) is 21.5. The summed E-state index contributed by atoms with van der Waals surface area (Å²) in [4.78, 5) is 31.2. The molecule has 2 aliphatic rings. The van der Waals surface area contributed by atoms with Gasteiger partial charge < -0.3 is 30.3 Å². The minimum absolute atomic E-state index is 0.0216. The van der Waals surface area contributed by atoms with Gasteiger partial charge in [0.2, 0.25) is 5.91 Å². The Labute approximate surface area is 210 Å². The molecule has 2 fully saturated rings. The zero-order valence-corrected chi connectivity index (χ0v) is 20.1. The van der Waals surface area contributed by atoms with E-state index in [1.54, 1.807) is 0 Å². The number of alkyl halides is 3. The molecule has 0 unspecified atom stereocenters. The van der Waals surface area contributed by atoms with Crippen LogP contribution in [0.3, 0.4) is 0 Å². The standard InChI is InChI=1S/C20H26F4N2O3.C4H4O4/c1-28-17-10-18(29-14-6-4-13(5-7-14)20(22,23)24)15(21)9-12(17)11-26-19(27)16-3-2-8-25-16;5-3(6)1-2-4(7)8/h9-10,13-14,16,25H,2-8,11H2,1H3,(H,26,27);1-2H,(H,5,6)(H,7,8)/b;2-1+/t13?,14?,16-;/m0./s1. The maximum absolute atomic E-state index is 14.5. The summed E-state index contributed by atoms with van der Waals surface area (Å²) in [5.41, 5.74) is 0.462. The second kappa shape index (κ2) is 13.8. The summed E-state index contributed by atoms with van der Waals surface area (Å²) in [6, 6.07) is 2.39. The van der Waals surface area contributed by atoms with Crippen molar-refractivity contribution in [2.75, 3.05) is 13.7 Å². The number of aliphatic carboxylic acids is 2. The first-order valence-corrected chi connectivity index (χ1v) is 11.7. The van der Waals surface area contributed by atoms with Crippen molar-refractivity contribution in [3.05, 3.63) is 35.7 Å². The molecule has 1 heterocycles. The Morgan fingerprint density at radius 1 is 1.05 bits per heavy atom. The van der Waals surface area contributed by atoms with Gasteiger partial charge in [0, 0.05) is 30.3 Å². The maximum atomic E-state index is 14.5. The van der Waals surface area contributed by atoms with E-state index in [1.165, 1.54) is 19.2 Å². The quantitative estimate of drug-likeness (QED) is 0.295. The number of benzene rings is 1. The van der Waals surface area contributed by atoms with Crippen molar-refractivity contribution in [3.63, 3.8) is 0 Å². The lowest BCUT2D eigenvalue weighted by atomic mass is 9.87. The number of carboxylic acid groups (broad SMARTS) is 2. The van der Waals surface area contributed by atoms with Crippen molar-refractivity contribution >= 4 is 17.8 Å². The van der Waals surface area contributed by atoms with Gasteiger partial charge in [0.15, 0.2) is 11.6 Å². The molecule has 1 saturated carbocycles. The van der Waals surface area contributed by atoms with Gasteiger partial charge in [-0.1, -0.05) is 0 Å². The average Bonchev–Trinajstić information content (AvgIpc) is 3.38. The van der Waals surface area contributed by atoms with Crippen LogP contribution in [0.25, 0.3) is 0 Å². The summed E-state index contributed by atoms with van der Waals surface area (Å²) in [5.74, 6) is -4.31. The van der Waals surface area contributed by atoms with E-state index in [0.29, 0.717) is 23.5 Å². The van der Waals surface area contributed by atoms with Crippen LogP contribution in [-0.4, -0.2) is 60.0 Å². The third-order valence-corrected chi connectivity index (χ3v) is 5.96. The third kappa shape index (κ3) is 9.90. The number of amides is 1. The number of methoxy groups -OCH3 is 1. The van der Waals surface area contributed by atoms with Gasteiger partial charge in [0.05, 0.1) is 25.2 Å². The second-order valence-electron chi connectivity index (χ2n) is 8.60. The molecule has 1 aliphatic heterocycles. The monoisotopic (exact) mass is 534 g/mol. The summed E-state index contributed by atoms with van der Waals surface area (Å²) in [6.45, 7) is 0.904. The molecule has 1 aromatic carbocycles. The molecular weight excluding hydrogens is 504 g/mol. The first-order chi connectivity index (χ1) is 17.4. The molecular formula is C24H30F4N2O7. The molecule has 1 aliphatic carbocycles. The van der Waals surface area contributed by atoms with Crippen molar-refractivity contribution in [3.8, 4) is 11.5 Å². The number of carbonyl (C=O) groups is 3. The molecule has 1 amide bonds. The first kappa shape index (κ1) is 29.9. The molecule has 4 N–H and O–H groups in total. The minimum atomic E-state index is -4.19. The fourth-order valence-corrected chi connectivity index (χ4v) is 4.04. The highest BCUT2D eigenvalue weighted by molar-refractivity contribution is 5.89. The largest absolute Gasteiger partial charge is 0.496 e. The Balaban J connectivity index is 0.000000521. The molecule has 0 spiro atoms. The van der Waals surface area contributed by atoms with Crippen molar-refractivity contribution in [2.45, 2.75) is 63.4 Å². The lowest BCUT2D eigenvalue weighted by Gasteiger charge is -2.30. The summed E-state index contributed by atoms with van der Waals surface area (Å²) >= 11 is 0. The predicted molar refractivity (Wildman–Crippen MR) is 123 cm³/mol. The molecule has 9 nitrogen and oxygen atoms in total. The minimum Gasteiger partial charge on any atom is -0.496 e. The number of nitrogens with one attached hydrogen (secondary N) is 2. The van der Waals surface area contributed by atoms with Gasteiger partial charge in [-0.15, -0.1) is 0 Å². The van der Waals surface area contributed by atoms with E-state index in [1.807, 2.05) is 0 Å². The Morgan fingerprint density at radius 3 is 2.16 bits per heavy atom. The van der Waals surface area contributed by atoms with Crippen molar-refractivity contribution in [1.29, 1.82) is 0 Å². The summed E-state index contributed by atoms with van der Waals surface area (Å²) in [7, 11) is 1.43. The fraction of sp³-hybridized carbons (Fsp3) is 0.542. The normalized spacial score (nSPS) is 21.6. The molecule has 0 radical (unpaired) electrons. The second-order valence-corrected chi connectivity index (χ2v) is 8.60. The number of carbonyl (C=O) groups excluding carboxylic acids is 1. The van der Waals surface area contributed by atoms with E-state index in [9.17, 15) is 31.9 Å². The van der Waals surface area contributed by atoms with E-state index in [4.69, 9.17) is 19.7 Å². The summed E-state index contributed by atoms with van der Waals surface area (Å²) in [6.07, 6.45) is -1.45. The lowest BCUT2D eigenvalue weighted by molar-refractivity contribution is -0.185. The van der Waals surface area contributed by atoms with Crippen LogP contribution in [0.1, 0.15) is 44.1 Å². The predicted octanol–water partition coefficient (Wildman–Crippen LogP) is 3.41. The molecule has 13 heteroatoms. The van der Waals surface area contributed by atoms with E-state index < -0.39 is 36.0 Å². The van der Waals surface area contributed by atoms with Crippen LogP contribution in [0.4, 0.5) is 17.6 Å². The van der Waals surface area contributed by atoms with Gasteiger partial charge in [0.25, 0.3) is 0 Å². The van der Waals surface area contributed by atoms with Crippen LogP contribution >= 0.6 is 0 Å². The van der Waals surface area contributed by atoms with Crippen LogP contribution in [-0.2, 0) is 20.9 Å². The number of ether oxygens (including phenoxy) is 2. The molecule has 3 rings (SSSR count). The van der Waals surface area contributed by atoms with Crippen LogP contribution in [0.5, 0.6) is 11.5 Å². The number of rotatable bonds is 8. The first-order valence-electron chi connectivity index (χ1n) is 11.7. The number of carboxylic acids is 2. The molecule has 0 aromatic heterocycles. The highest BCUT2D eigenvalue weighted by Crippen LogP contribution is 2.39. The zero-order chi connectivity index (χ0) is 27.6.